The van der Waals surface area contributed by atoms with Crippen LogP contribution in [0, 0.1) is 0 Å². The van der Waals surface area contributed by atoms with E-state index in [1.54, 1.807) is 25.2 Å². The van der Waals surface area contributed by atoms with Crippen molar-refractivity contribution >= 4 is 47.4 Å². The first-order valence-electron chi connectivity index (χ1n) is 8.92. The lowest BCUT2D eigenvalue weighted by Gasteiger charge is -2.18. The van der Waals surface area contributed by atoms with Crippen molar-refractivity contribution < 1.29 is 4.79 Å². The number of hydrogen-bond donors (Lipinski definition) is 2. The molecule has 0 radical (unpaired) electrons. The fourth-order valence-corrected chi connectivity index (χ4v) is 2.71. The van der Waals surface area contributed by atoms with E-state index >= 15 is 0 Å². The lowest BCUT2D eigenvalue weighted by molar-refractivity contribution is -0.128. The summed E-state index contributed by atoms with van der Waals surface area (Å²) in [5, 5.41) is 7.00. The quantitative estimate of drug-likeness (QED) is 0.322. The molecule has 0 bridgehead atoms. The van der Waals surface area contributed by atoms with Gasteiger partial charge in [0.1, 0.15) is 0 Å². The van der Waals surface area contributed by atoms with Crippen molar-refractivity contribution in [1.82, 2.24) is 20.5 Å². The van der Waals surface area contributed by atoms with Crippen LogP contribution in [0.4, 0.5) is 0 Å². The van der Waals surface area contributed by atoms with E-state index in [2.05, 4.69) is 20.6 Å². The van der Waals surface area contributed by atoms with Gasteiger partial charge in [0.15, 0.2) is 5.96 Å². The Kier molecular flexibility index (Phi) is 11.5. The number of rotatable bonds is 8. The van der Waals surface area contributed by atoms with Crippen molar-refractivity contribution in [3.63, 3.8) is 0 Å². The number of guanidine groups is 1. The number of benzene rings is 1. The van der Waals surface area contributed by atoms with Crippen molar-refractivity contribution in [3.05, 3.63) is 64.9 Å². The summed E-state index contributed by atoms with van der Waals surface area (Å²) in [4.78, 5) is 22.4. The normalized spacial score (nSPS) is 10.8. The third-order valence-electron chi connectivity index (χ3n) is 4.13. The predicted molar refractivity (Wildman–Crippen MR) is 126 cm³/mol. The van der Waals surface area contributed by atoms with Gasteiger partial charge >= 0.3 is 0 Å². The molecule has 1 aromatic carbocycles. The highest BCUT2D eigenvalue weighted by Gasteiger charge is 2.10. The first-order chi connectivity index (χ1) is 13.1. The highest BCUT2D eigenvalue weighted by molar-refractivity contribution is 14.0. The molecule has 0 aliphatic heterocycles. The molecule has 152 valence electrons. The number of pyridine rings is 1. The van der Waals surface area contributed by atoms with Crippen LogP contribution in [-0.4, -0.2) is 55.5 Å². The van der Waals surface area contributed by atoms with Gasteiger partial charge in [-0.3, -0.25) is 14.8 Å². The standard InChI is InChI=1S/C20H26ClN5O.HI/c1-22-20(24-13-10-16-7-3-4-9-18(16)21)25-15-19(27)26(2)14-11-17-8-5-6-12-23-17;/h3-9,12H,10-11,13-15H2,1-2H3,(H2,22,24,25);1H. The van der Waals surface area contributed by atoms with E-state index < -0.39 is 0 Å². The molecule has 0 saturated heterocycles. The molecule has 0 spiro atoms. The van der Waals surface area contributed by atoms with Crippen LogP contribution in [0.25, 0.3) is 0 Å². The monoisotopic (exact) mass is 515 g/mol. The maximum Gasteiger partial charge on any atom is 0.241 e. The van der Waals surface area contributed by atoms with Gasteiger partial charge in [0.2, 0.25) is 5.91 Å². The minimum atomic E-state index is -0.0000139. The second kappa shape index (κ2) is 13.3. The summed E-state index contributed by atoms with van der Waals surface area (Å²) in [5.74, 6) is 0.591. The van der Waals surface area contributed by atoms with Crippen LogP contribution in [0.2, 0.25) is 5.02 Å². The smallest absolute Gasteiger partial charge is 0.241 e. The fourth-order valence-electron chi connectivity index (χ4n) is 2.48. The Balaban J connectivity index is 0.00000392. The third kappa shape index (κ3) is 8.43. The highest BCUT2D eigenvalue weighted by Crippen LogP contribution is 2.14. The van der Waals surface area contributed by atoms with Gasteiger partial charge in [0.05, 0.1) is 6.54 Å². The summed E-state index contributed by atoms with van der Waals surface area (Å²) in [7, 11) is 3.47. The Labute approximate surface area is 188 Å². The van der Waals surface area contributed by atoms with E-state index in [0.29, 0.717) is 19.0 Å². The Morgan fingerprint density at radius 1 is 1.14 bits per heavy atom. The molecule has 8 heteroatoms. The van der Waals surface area contributed by atoms with E-state index in [1.165, 1.54) is 0 Å². The van der Waals surface area contributed by atoms with Crippen molar-refractivity contribution in [1.29, 1.82) is 0 Å². The van der Waals surface area contributed by atoms with Gasteiger partial charge in [0, 0.05) is 50.5 Å². The first kappa shape index (κ1) is 24.2. The van der Waals surface area contributed by atoms with Gasteiger partial charge < -0.3 is 15.5 Å². The average molecular weight is 516 g/mol. The summed E-state index contributed by atoms with van der Waals surface area (Å²) in [6, 6.07) is 13.5. The van der Waals surface area contributed by atoms with Gasteiger partial charge in [0.25, 0.3) is 0 Å². The van der Waals surface area contributed by atoms with E-state index in [-0.39, 0.29) is 36.4 Å². The summed E-state index contributed by atoms with van der Waals surface area (Å²) in [5.41, 5.74) is 2.05. The fraction of sp³-hybridized carbons (Fsp3) is 0.350. The van der Waals surface area contributed by atoms with Crippen molar-refractivity contribution in [2.24, 2.45) is 4.99 Å². The van der Waals surface area contributed by atoms with Crippen LogP contribution in [0.1, 0.15) is 11.3 Å². The van der Waals surface area contributed by atoms with Crippen LogP contribution in [0.3, 0.4) is 0 Å². The largest absolute Gasteiger partial charge is 0.356 e. The summed E-state index contributed by atoms with van der Waals surface area (Å²) in [6.07, 6.45) is 3.27. The molecule has 0 unspecified atom stereocenters. The van der Waals surface area contributed by atoms with Gasteiger partial charge in [-0.1, -0.05) is 35.9 Å². The second-order valence-electron chi connectivity index (χ2n) is 6.08. The molecule has 1 amide bonds. The molecule has 0 fully saturated rings. The number of aromatic nitrogens is 1. The Hall–Kier alpha value is -1.87. The number of amides is 1. The lowest BCUT2D eigenvalue weighted by Crippen LogP contribution is -2.44. The van der Waals surface area contributed by atoms with Crippen molar-refractivity contribution in [2.75, 3.05) is 33.7 Å². The average Bonchev–Trinajstić information content (AvgIpc) is 2.70. The number of nitrogens with one attached hydrogen (secondary N) is 2. The second-order valence-corrected chi connectivity index (χ2v) is 6.49. The number of carbonyl (C=O) groups is 1. The molecule has 2 aromatic rings. The lowest BCUT2D eigenvalue weighted by atomic mass is 10.1. The SMILES string of the molecule is CN=C(NCCc1ccccc1Cl)NCC(=O)N(C)CCc1ccccn1.I. The Bertz CT molecular complexity index is 757. The Morgan fingerprint density at radius 3 is 2.57 bits per heavy atom. The van der Waals surface area contributed by atoms with Crippen LogP contribution >= 0.6 is 35.6 Å². The van der Waals surface area contributed by atoms with E-state index in [9.17, 15) is 4.79 Å². The van der Waals surface area contributed by atoms with Crippen molar-refractivity contribution in [2.45, 2.75) is 12.8 Å². The number of aliphatic imine (C=N–C) groups is 1. The maximum atomic E-state index is 12.3. The minimum absolute atomic E-state index is 0. The number of nitrogens with zero attached hydrogens (tertiary/aromatic N) is 3. The van der Waals surface area contributed by atoms with Crippen LogP contribution in [0.5, 0.6) is 0 Å². The molecular formula is C20H27ClIN5O. The van der Waals surface area contributed by atoms with E-state index in [0.717, 1.165) is 29.1 Å². The number of carbonyl (C=O) groups excluding carboxylic acids is 1. The van der Waals surface area contributed by atoms with Gasteiger partial charge in [-0.2, -0.15) is 0 Å². The molecular weight excluding hydrogens is 489 g/mol. The summed E-state index contributed by atoms with van der Waals surface area (Å²) in [6.45, 7) is 1.48. The van der Waals surface area contributed by atoms with Crippen LogP contribution in [-0.2, 0) is 17.6 Å². The Morgan fingerprint density at radius 2 is 1.89 bits per heavy atom. The summed E-state index contributed by atoms with van der Waals surface area (Å²) >= 11 is 6.16. The molecule has 2 rings (SSSR count). The first-order valence-corrected chi connectivity index (χ1v) is 9.29. The predicted octanol–water partition coefficient (Wildman–Crippen LogP) is 2.76. The zero-order valence-electron chi connectivity index (χ0n) is 16.2. The topological polar surface area (TPSA) is 69.6 Å². The maximum absolute atomic E-state index is 12.3. The molecule has 0 atom stereocenters. The number of hydrogen-bond acceptors (Lipinski definition) is 3. The highest BCUT2D eigenvalue weighted by atomic mass is 127. The molecule has 1 heterocycles. The molecule has 6 nitrogen and oxygen atoms in total. The van der Waals surface area contributed by atoms with Crippen LogP contribution in [0.15, 0.2) is 53.7 Å². The van der Waals surface area contributed by atoms with Gasteiger partial charge in [-0.15, -0.1) is 24.0 Å². The molecule has 0 saturated carbocycles. The van der Waals surface area contributed by atoms with E-state index in [1.807, 2.05) is 42.5 Å². The zero-order valence-corrected chi connectivity index (χ0v) is 19.3. The van der Waals surface area contributed by atoms with Crippen LogP contribution < -0.4 is 10.6 Å². The molecule has 2 N–H and O–H groups in total. The third-order valence-corrected chi connectivity index (χ3v) is 4.50. The molecule has 28 heavy (non-hydrogen) atoms. The molecule has 0 aliphatic rings. The summed E-state index contributed by atoms with van der Waals surface area (Å²) < 4.78 is 0. The molecule has 1 aromatic heterocycles. The number of halogens is 2. The van der Waals surface area contributed by atoms with E-state index in [4.69, 9.17) is 11.6 Å². The minimum Gasteiger partial charge on any atom is -0.356 e. The van der Waals surface area contributed by atoms with Crippen molar-refractivity contribution in [3.8, 4) is 0 Å². The zero-order chi connectivity index (χ0) is 19.5. The number of likely N-dealkylation sites (N-methyl/N-ethyl adjacent to an activating group) is 1. The van der Waals surface area contributed by atoms with Gasteiger partial charge in [-0.05, 0) is 30.2 Å². The molecule has 0 aliphatic carbocycles. The van der Waals surface area contributed by atoms with Gasteiger partial charge in [-0.25, -0.2) is 0 Å².